The van der Waals surface area contributed by atoms with Gasteiger partial charge in [0.25, 0.3) is 0 Å². The average molecular weight is 368 g/mol. The highest BCUT2D eigenvalue weighted by atomic mass is 16.3. The number of carbonyl (C=O) groups excluding carboxylic acids is 1. The summed E-state index contributed by atoms with van der Waals surface area (Å²) in [7, 11) is 0. The van der Waals surface area contributed by atoms with Gasteiger partial charge in [-0.2, -0.15) is 0 Å². The van der Waals surface area contributed by atoms with Gasteiger partial charge in [-0.05, 0) is 60.7 Å². The van der Waals surface area contributed by atoms with Gasteiger partial charge in [0.2, 0.25) is 5.91 Å². The molecule has 6 heteroatoms. The zero-order chi connectivity index (χ0) is 19.3. The molecule has 8 bridgehead atoms. The Bertz CT molecular complexity index is 1360. The van der Waals surface area contributed by atoms with Crippen molar-refractivity contribution in [1.82, 2.24) is 19.5 Å². The van der Waals surface area contributed by atoms with Crippen LogP contribution in [0.4, 0.5) is 0 Å². The maximum absolute atomic E-state index is 12.3. The molecule has 0 fully saturated rings. The van der Waals surface area contributed by atoms with Crippen molar-refractivity contribution in [1.29, 1.82) is 0 Å². The number of aromatic hydroxyl groups is 1. The molecule has 5 heterocycles. The zero-order valence-corrected chi connectivity index (χ0v) is 15.0. The molecule has 5 rings (SSSR count). The number of nitrogens with zero attached hydrogens (tertiary/aromatic N) is 3. The molecule has 6 nitrogen and oxygen atoms in total. The van der Waals surface area contributed by atoms with Crippen LogP contribution in [0.2, 0.25) is 0 Å². The quantitative estimate of drug-likeness (QED) is 0.422. The number of hydrogen-bond acceptors (Lipinski definition) is 4. The van der Waals surface area contributed by atoms with Gasteiger partial charge >= 0.3 is 0 Å². The second-order valence-electron chi connectivity index (χ2n) is 6.73. The van der Waals surface area contributed by atoms with Crippen LogP contribution in [0.1, 0.15) is 34.5 Å². The van der Waals surface area contributed by atoms with Crippen LogP contribution in [0.15, 0.2) is 42.5 Å². The SMILES string of the molecule is CC(=O)n1c2cc3nc(cc4ccc(cc5nc(cc1c(O)c2)C=C5)[nH]4)C=C3. The number of aromatic amines is 1. The maximum Gasteiger partial charge on any atom is 0.228 e. The van der Waals surface area contributed by atoms with Crippen molar-refractivity contribution in [2.24, 2.45) is 0 Å². The third-order valence-electron chi connectivity index (χ3n) is 4.65. The molecule has 0 aromatic carbocycles. The van der Waals surface area contributed by atoms with E-state index in [1.807, 2.05) is 48.6 Å². The van der Waals surface area contributed by atoms with Crippen LogP contribution in [0.3, 0.4) is 0 Å². The third kappa shape index (κ3) is 2.81. The van der Waals surface area contributed by atoms with Gasteiger partial charge in [-0.1, -0.05) is 0 Å². The normalized spacial score (nSPS) is 12.5. The van der Waals surface area contributed by atoms with Gasteiger partial charge in [-0.15, -0.1) is 0 Å². The van der Waals surface area contributed by atoms with Crippen molar-refractivity contribution in [2.45, 2.75) is 6.92 Å². The van der Waals surface area contributed by atoms with Crippen LogP contribution >= 0.6 is 0 Å². The highest BCUT2D eigenvalue weighted by molar-refractivity contribution is 5.92. The highest BCUT2D eigenvalue weighted by Crippen LogP contribution is 2.26. The fourth-order valence-corrected chi connectivity index (χ4v) is 3.45. The Hall–Kier alpha value is -3.93. The number of hydrogen-bond donors (Lipinski definition) is 2. The summed E-state index contributed by atoms with van der Waals surface area (Å²) in [5.41, 5.74) is 5.78. The highest BCUT2D eigenvalue weighted by Gasteiger charge is 2.11. The molecule has 3 aromatic heterocycles. The monoisotopic (exact) mass is 368 g/mol. The Morgan fingerprint density at radius 3 is 1.96 bits per heavy atom. The first-order valence-corrected chi connectivity index (χ1v) is 8.86. The summed E-state index contributed by atoms with van der Waals surface area (Å²) in [5, 5.41) is 10.4. The van der Waals surface area contributed by atoms with Gasteiger partial charge in [0, 0.05) is 24.0 Å². The van der Waals surface area contributed by atoms with Gasteiger partial charge in [-0.25, -0.2) is 9.97 Å². The van der Waals surface area contributed by atoms with E-state index < -0.39 is 0 Å². The lowest BCUT2D eigenvalue weighted by atomic mass is 10.3. The molecule has 2 aliphatic heterocycles. The van der Waals surface area contributed by atoms with E-state index in [9.17, 15) is 9.90 Å². The Balaban J connectivity index is 1.93. The summed E-state index contributed by atoms with van der Waals surface area (Å²) in [6.45, 7) is 1.46. The van der Waals surface area contributed by atoms with Crippen molar-refractivity contribution in [3.8, 4) is 5.75 Å². The van der Waals surface area contributed by atoms with Crippen LogP contribution in [-0.2, 0) is 0 Å². The van der Waals surface area contributed by atoms with Crippen molar-refractivity contribution in [2.75, 3.05) is 0 Å². The van der Waals surface area contributed by atoms with Gasteiger partial charge < -0.3 is 10.1 Å². The van der Waals surface area contributed by atoms with E-state index in [-0.39, 0.29) is 11.7 Å². The molecule has 136 valence electrons. The summed E-state index contributed by atoms with van der Waals surface area (Å²) in [4.78, 5) is 24.8. The Morgan fingerprint density at radius 1 is 0.857 bits per heavy atom. The smallest absolute Gasteiger partial charge is 0.228 e. The minimum Gasteiger partial charge on any atom is -0.506 e. The first-order chi connectivity index (χ1) is 13.5. The van der Waals surface area contributed by atoms with Crippen LogP contribution in [0.5, 0.6) is 5.75 Å². The van der Waals surface area contributed by atoms with E-state index in [0.29, 0.717) is 22.4 Å². The molecular formula is C22H16N4O2. The molecule has 0 amide bonds. The van der Waals surface area contributed by atoms with Crippen LogP contribution in [0.25, 0.3) is 46.4 Å². The lowest BCUT2D eigenvalue weighted by Crippen LogP contribution is -2.04. The summed E-state index contributed by atoms with van der Waals surface area (Å²) >= 11 is 0. The molecule has 3 aromatic rings. The first kappa shape index (κ1) is 16.3. The topological polar surface area (TPSA) is 83.8 Å². The maximum atomic E-state index is 12.3. The molecule has 0 saturated heterocycles. The Kier molecular flexibility index (Phi) is 3.52. The fraction of sp³-hybridized carbons (Fsp3) is 0.0455. The molecular weight excluding hydrogens is 352 g/mol. The summed E-state index contributed by atoms with van der Waals surface area (Å²) in [5.74, 6) is -0.181. The predicted octanol–water partition coefficient (Wildman–Crippen LogP) is 4.49. The largest absolute Gasteiger partial charge is 0.506 e. The van der Waals surface area contributed by atoms with Crippen molar-refractivity contribution in [3.05, 3.63) is 65.2 Å². The van der Waals surface area contributed by atoms with Crippen molar-refractivity contribution in [3.63, 3.8) is 0 Å². The van der Waals surface area contributed by atoms with E-state index in [1.54, 1.807) is 18.2 Å². The van der Waals surface area contributed by atoms with E-state index in [0.717, 1.165) is 22.4 Å². The van der Waals surface area contributed by atoms with E-state index in [4.69, 9.17) is 0 Å². The Morgan fingerprint density at radius 2 is 1.39 bits per heavy atom. The Labute approximate surface area is 160 Å². The van der Waals surface area contributed by atoms with Gasteiger partial charge in [0.05, 0.1) is 33.8 Å². The lowest BCUT2D eigenvalue weighted by Gasteiger charge is -2.00. The summed E-state index contributed by atoms with van der Waals surface area (Å²) < 4.78 is 1.47. The molecule has 2 N–H and O–H groups in total. The molecule has 28 heavy (non-hydrogen) atoms. The molecule has 0 saturated carbocycles. The predicted molar refractivity (Wildman–Crippen MR) is 110 cm³/mol. The number of carbonyl (C=O) groups is 1. The van der Waals surface area contributed by atoms with Gasteiger partial charge in [-0.3, -0.25) is 9.36 Å². The van der Waals surface area contributed by atoms with Crippen molar-refractivity contribution < 1.29 is 9.90 Å². The summed E-state index contributed by atoms with van der Waals surface area (Å²) in [6.07, 6.45) is 7.53. The second kappa shape index (κ2) is 6.06. The molecule has 0 unspecified atom stereocenters. The molecule has 2 aliphatic rings. The number of nitrogens with one attached hydrogen (secondary N) is 1. The zero-order valence-electron chi connectivity index (χ0n) is 15.0. The minimum atomic E-state index is -0.201. The van der Waals surface area contributed by atoms with Crippen LogP contribution in [0, 0.1) is 0 Å². The average Bonchev–Trinajstić information content (AvgIpc) is 3.40. The van der Waals surface area contributed by atoms with Crippen LogP contribution < -0.4 is 0 Å². The van der Waals surface area contributed by atoms with E-state index in [1.165, 1.54) is 11.5 Å². The number of aromatic nitrogens is 4. The lowest BCUT2D eigenvalue weighted by molar-refractivity contribution is 0.0946. The molecule has 0 spiro atoms. The molecule has 0 aliphatic carbocycles. The van der Waals surface area contributed by atoms with Gasteiger partial charge in [0.1, 0.15) is 5.75 Å². The standard InChI is InChI=1S/C22H16N4O2/c1-13(27)26-20-10-18-6-4-16(24-18)8-14-2-3-15(23-14)9-17-5-7-19(25-17)11-21(26)22(28)12-20/h2-12,23,28H,1H3. The van der Waals surface area contributed by atoms with Gasteiger partial charge in [0.15, 0.2) is 0 Å². The first-order valence-electron chi connectivity index (χ1n) is 8.86. The number of H-pyrrole nitrogens is 1. The van der Waals surface area contributed by atoms with E-state index in [2.05, 4.69) is 15.0 Å². The number of fused-ring (bicyclic) bond motifs is 8. The summed E-state index contributed by atoms with van der Waals surface area (Å²) in [6, 6.07) is 12.9. The number of rotatable bonds is 0. The molecule has 0 radical (unpaired) electrons. The third-order valence-corrected chi connectivity index (χ3v) is 4.65. The van der Waals surface area contributed by atoms with Crippen molar-refractivity contribution >= 4 is 52.3 Å². The minimum absolute atomic E-state index is 0.0197. The fourth-order valence-electron chi connectivity index (χ4n) is 3.45. The van der Waals surface area contributed by atoms with E-state index >= 15 is 0 Å². The van der Waals surface area contributed by atoms with Crippen LogP contribution in [-0.4, -0.2) is 30.5 Å². The second-order valence-corrected chi connectivity index (χ2v) is 6.73. The molecule has 0 atom stereocenters.